The minimum Gasteiger partial charge on any atom is -0.465 e. The summed E-state index contributed by atoms with van der Waals surface area (Å²) in [7, 11) is 0. The van der Waals surface area contributed by atoms with Gasteiger partial charge in [0.05, 0.1) is 13.0 Å². The fourth-order valence-corrected chi connectivity index (χ4v) is 3.48. The Labute approximate surface area is 144 Å². The topological polar surface area (TPSA) is 26.3 Å². The molecular weight excluding hydrogens is 296 g/mol. The van der Waals surface area contributed by atoms with Gasteiger partial charge < -0.3 is 4.74 Å². The minimum atomic E-state index is -0.113. The number of carbonyl (C=O) groups excluding carboxylic acids is 1. The lowest BCUT2D eigenvalue weighted by Crippen LogP contribution is -2.13. The maximum absolute atomic E-state index is 12.0. The molecule has 0 heterocycles. The molecule has 0 spiro atoms. The summed E-state index contributed by atoms with van der Waals surface area (Å²) in [6.07, 6.45) is 8.05. The van der Waals surface area contributed by atoms with Crippen LogP contribution in [0.15, 0.2) is 54.6 Å². The molecule has 0 unspecified atom stereocenters. The van der Waals surface area contributed by atoms with E-state index in [4.69, 9.17) is 4.74 Å². The Kier molecular flexibility index (Phi) is 6.06. The number of ether oxygens (including phenoxy) is 1. The quantitative estimate of drug-likeness (QED) is 0.665. The van der Waals surface area contributed by atoms with E-state index in [0.29, 0.717) is 13.0 Å². The van der Waals surface area contributed by atoms with Crippen molar-refractivity contribution in [2.45, 2.75) is 44.9 Å². The summed E-state index contributed by atoms with van der Waals surface area (Å²) >= 11 is 0. The van der Waals surface area contributed by atoms with Gasteiger partial charge in [-0.2, -0.15) is 0 Å². The van der Waals surface area contributed by atoms with Crippen LogP contribution in [0.5, 0.6) is 0 Å². The molecule has 1 saturated carbocycles. The molecule has 24 heavy (non-hydrogen) atoms. The molecule has 0 radical (unpaired) electrons. The van der Waals surface area contributed by atoms with Gasteiger partial charge in [0.15, 0.2) is 0 Å². The van der Waals surface area contributed by atoms with Crippen molar-refractivity contribution in [3.8, 4) is 11.1 Å². The zero-order valence-corrected chi connectivity index (χ0v) is 14.2. The molecule has 0 saturated heterocycles. The summed E-state index contributed by atoms with van der Waals surface area (Å²) in [6, 6.07) is 18.4. The number of esters is 1. The van der Waals surface area contributed by atoms with Gasteiger partial charge in [0.2, 0.25) is 0 Å². The van der Waals surface area contributed by atoms with E-state index in [-0.39, 0.29) is 5.97 Å². The second kappa shape index (κ2) is 8.68. The molecule has 0 atom stereocenters. The first-order valence-electron chi connectivity index (χ1n) is 9.11. The zero-order chi connectivity index (χ0) is 16.6. The van der Waals surface area contributed by atoms with Gasteiger partial charge in [-0.3, -0.25) is 4.79 Å². The van der Waals surface area contributed by atoms with Gasteiger partial charge >= 0.3 is 5.97 Å². The van der Waals surface area contributed by atoms with Gasteiger partial charge in [-0.1, -0.05) is 86.7 Å². The Balaban J connectivity index is 1.44. The molecule has 2 aromatic carbocycles. The average Bonchev–Trinajstić information content (AvgIpc) is 2.64. The Morgan fingerprint density at radius 2 is 1.54 bits per heavy atom. The van der Waals surface area contributed by atoms with Gasteiger partial charge in [0, 0.05) is 0 Å². The third-order valence-corrected chi connectivity index (χ3v) is 4.92. The predicted octanol–water partition coefficient (Wildman–Crippen LogP) is 5.41. The first kappa shape index (κ1) is 16.8. The van der Waals surface area contributed by atoms with E-state index in [0.717, 1.165) is 17.9 Å². The van der Waals surface area contributed by atoms with Gasteiger partial charge in [-0.05, 0) is 29.0 Å². The van der Waals surface area contributed by atoms with Gasteiger partial charge in [-0.15, -0.1) is 0 Å². The molecule has 0 aromatic heterocycles. The molecular formula is C22H26O2. The lowest BCUT2D eigenvalue weighted by Gasteiger charge is -2.21. The van der Waals surface area contributed by atoms with Crippen LogP contribution in [0.4, 0.5) is 0 Å². The fourth-order valence-electron chi connectivity index (χ4n) is 3.48. The Hall–Kier alpha value is -2.09. The number of hydrogen-bond donors (Lipinski definition) is 0. The first-order chi connectivity index (χ1) is 11.8. The van der Waals surface area contributed by atoms with Gasteiger partial charge in [0.1, 0.15) is 0 Å². The Morgan fingerprint density at radius 1 is 0.875 bits per heavy atom. The van der Waals surface area contributed by atoms with E-state index >= 15 is 0 Å². The normalized spacial score (nSPS) is 15.2. The van der Waals surface area contributed by atoms with Crippen molar-refractivity contribution >= 4 is 5.97 Å². The third-order valence-electron chi connectivity index (χ3n) is 4.92. The molecule has 0 bridgehead atoms. The standard InChI is InChI=1S/C22H26O2/c23-22(24-16-15-18-7-3-1-4-8-18)17-19-11-13-21(14-12-19)20-9-5-2-6-10-20/h2,5-6,9-14,18H,1,3-4,7-8,15-17H2. The number of rotatable bonds is 6. The average molecular weight is 322 g/mol. The summed E-state index contributed by atoms with van der Waals surface area (Å²) in [6.45, 7) is 0.575. The van der Waals surface area contributed by atoms with Crippen LogP contribution in [-0.4, -0.2) is 12.6 Å². The SMILES string of the molecule is O=C(Cc1ccc(-c2ccccc2)cc1)OCCC1CCCCC1. The summed E-state index contributed by atoms with van der Waals surface area (Å²) in [5.41, 5.74) is 3.38. The van der Waals surface area contributed by atoms with Crippen LogP contribution < -0.4 is 0 Å². The maximum Gasteiger partial charge on any atom is 0.310 e. The first-order valence-corrected chi connectivity index (χ1v) is 9.11. The second-order valence-corrected chi connectivity index (χ2v) is 6.75. The number of hydrogen-bond acceptors (Lipinski definition) is 2. The molecule has 2 nitrogen and oxygen atoms in total. The maximum atomic E-state index is 12.0. The Bertz CT molecular complexity index is 625. The molecule has 1 aliphatic carbocycles. The molecule has 2 heteroatoms. The summed E-state index contributed by atoms with van der Waals surface area (Å²) in [5, 5.41) is 0. The molecule has 2 aromatic rings. The highest BCUT2D eigenvalue weighted by Crippen LogP contribution is 2.26. The summed E-state index contributed by atoms with van der Waals surface area (Å²) < 4.78 is 5.42. The van der Waals surface area contributed by atoms with Crippen LogP contribution in [0.25, 0.3) is 11.1 Å². The van der Waals surface area contributed by atoms with Gasteiger partial charge in [-0.25, -0.2) is 0 Å². The van der Waals surface area contributed by atoms with Crippen molar-refractivity contribution in [2.24, 2.45) is 5.92 Å². The van der Waals surface area contributed by atoms with Crippen LogP contribution in [-0.2, 0) is 16.0 Å². The van der Waals surface area contributed by atoms with Crippen molar-refractivity contribution in [1.29, 1.82) is 0 Å². The van der Waals surface area contributed by atoms with Gasteiger partial charge in [0.25, 0.3) is 0 Å². The highest BCUT2D eigenvalue weighted by molar-refractivity contribution is 5.73. The minimum absolute atomic E-state index is 0.113. The van der Waals surface area contributed by atoms with Crippen molar-refractivity contribution in [2.75, 3.05) is 6.61 Å². The van der Waals surface area contributed by atoms with E-state index in [1.807, 2.05) is 30.3 Å². The molecule has 1 fully saturated rings. The lowest BCUT2D eigenvalue weighted by atomic mass is 9.87. The molecule has 0 amide bonds. The van der Waals surface area contributed by atoms with Crippen molar-refractivity contribution in [3.63, 3.8) is 0 Å². The van der Waals surface area contributed by atoms with Crippen LogP contribution in [0.1, 0.15) is 44.1 Å². The highest BCUT2D eigenvalue weighted by Gasteiger charge is 2.14. The van der Waals surface area contributed by atoms with Crippen LogP contribution in [0.2, 0.25) is 0 Å². The predicted molar refractivity (Wildman–Crippen MR) is 97.7 cm³/mol. The smallest absolute Gasteiger partial charge is 0.310 e. The van der Waals surface area contributed by atoms with Crippen LogP contribution in [0, 0.1) is 5.92 Å². The number of carbonyl (C=O) groups is 1. The van der Waals surface area contributed by atoms with E-state index in [9.17, 15) is 4.79 Å². The monoisotopic (exact) mass is 322 g/mol. The molecule has 126 valence electrons. The van der Waals surface area contributed by atoms with Crippen LogP contribution in [0.3, 0.4) is 0 Å². The molecule has 0 aliphatic heterocycles. The van der Waals surface area contributed by atoms with E-state index in [1.165, 1.54) is 43.2 Å². The highest BCUT2D eigenvalue weighted by atomic mass is 16.5. The van der Waals surface area contributed by atoms with Crippen molar-refractivity contribution < 1.29 is 9.53 Å². The summed E-state index contributed by atoms with van der Waals surface area (Å²) in [5.74, 6) is 0.648. The molecule has 3 rings (SSSR count). The van der Waals surface area contributed by atoms with E-state index in [2.05, 4.69) is 24.3 Å². The zero-order valence-electron chi connectivity index (χ0n) is 14.2. The Morgan fingerprint density at radius 3 is 2.25 bits per heavy atom. The largest absolute Gasteiger partial charge is 0.465 e. The molecule has 0 N–H and O–H groups in total. The second-order valence-electron chi connectivity index (χ2n) is 6.75. The fraction of sp³-hybridized carbons (Fsp3) is 0.409. The molecule has 1 aliphatic rings. The lowest BCUT2D eigenvalue weighted by molar-refractivity contribution is -0.143. The van der Waals surface area contributed by atoms with E-state index < -0.39 is 0 Å². The summed E-state index contributed by atoms with van der Waals surface area (Å²) in [4.78, 5) is 12.0. The van der Waals surface area contributed by atoms with Crippen molar-refractivity contribution in [3.05, 3.63) is 60.2 Å². The van der Waals surface area contributed by atoms with E-state index in [1.54, 1.807) is 0 Å². The third kappa shape index (κ3) is 4.95. The van der Waals surface area contributed by atoms with Crippen molar-refractivity contribution in [1.82, 2.24) is 0 Å². The van der Waals surface area contributed by atoms with Crippen LogP contribution >= 0.6 is 0 Å². The number of benzene rings is 2.